The summed E-state index contributed by atoms with van der Waals surface area (Å²) < 4.78 is 6.11. The van der Waals surface area contributed by atoms with Crippen molar-refractivity contribution in [3.63, 3.8) is 0 Å². The van der Waals surface area contributed by atoms with Gasteiger partial charge in [0.05, 0.1) is 6.26 Å². The molecule has 2 aromatic carbocycles. The van der Waals surface area contributed by atoms with Gasteiger partial charge >= 0.3 is 0 Å². The normalized spacial score (nSPS) is 18.4. The monoisotopic (exact) mass is 710 g/mol. The van der Waals surface area contributed by atoms with Crippen LogP contribution in [0, 0.1) is 16.7 Å². The minimum Gasteiger partial charge on any atom is -0.465 e. The van der Waals surface area contributed by atoms with Gasteiger partial charge in [-0.3, -0.25) is 0 Å². The topological polar surface area (TPSA) is 28.4 Å². The van der Waals surface area contributed by atoms with Crippen molar-refractivity contribution in [3.05, 3.63) is 138 Å². The highest BCUT2D eigenvalue weighted by molar-refractivity contribution is 6.71. The third-order valence-corrected chi connectivity index (χ3v) is 10.5. The second kappa shape index (κ2) is 17.9. The summed E-state index contributed by atoms with van der Waals surface area (Å²) >= 11 is 0. The van der Waals surface area contributed by atoms with Gasteiger partial charge in [-0.1, -0.05) is 136 Å². The first-order valence-corrected chi connectivity index (χ1v) is 19.7. The Kier molecular flexibility index (Phi) is 14.1. The fraction of sp³-hybridized carbons (Fsp3) is 0.429. The Balaban J connectivity index is 1.88. The number of nitrogens with zero attached hydrogens (tertiary/aromatic N) is 1. The average molecular weight is 710 g/mol. The Morgan fingerprint density at radius 1 is 1.04 bits per heavy atom. The molecule has 1 atom stereocenters. The van der Waals surface area contributed by atoms with Crippen LogP contribution in [0.5, 0.6) is 0 Å². The van der Waals surface area contributed by atoms with Crippen LogP contribution < -0.4 is 21.1 Å². The van der Waals surface area contributed by atoms with E-state index in [1.165, 1.54) is 33.4 Å². The molecule has 281 valence electrons. The number of furan rings is 1. The van der Waals surface area contributed by atoms with Gasteiger partial charge in [-0.05, 0) is 118 Å². The van der Waals surface area contributed by atoms with Gasteiger partial charge in [-0.15, -0.1) is 0 Å². The van der Waals surface area contributed by atoms with Gasteiger partial charge in [0.1, 0.15) is 5.58 Å². The smallest absolute Gasteiger partial charge is 0.199 e. The first-order valence-electron chi connectivity index (χ1n) is 19.7. The lowest BCUT2D eigenvalue weighted by Crippen LogP contribution is -2.31. The molecule has 0 saturated heterocycles. The van der Waals surface area contributed by atoms with Crippen molar-refractivity contribution in [1.82, 2.24) is 5.32 Å². The zero-order valence-electron chi connectivity index (χ0n) is 35.0. The second-order valence-electron chi connectivity index (χ2n) is 17.6. The molecule has 1 unspecified atom stereocenters. The van der Waals surface area contributed by atoms with Crippen LogP contribution in [0.2, 0.25) is 0 Å². The molecule has 4 rings (SSSR count). The molecule has 0 amide bonds. The van der Waals surface area contributed by atoms with Crippen LogP contribution in [0.4, 0.5) is 5.69 Å². The molecule has 1 heterocycles. The quantitative estimate of drug-likeness (QED) is 0.0829. The summed E-state index contributed by atoms with van der Waals surface area (Å²) in [5.74, 6) is 0.447. The highest BCUT2D eigenvalue weighted by Gasteiger charge is 2.32. The number of rotatable bonds is 13. The van der Waals surface area contributed by atoms with Crippen LogP contribution in [0.25, 0.3) is 11.0 Å². The summed E-state index contributed by atoms with van der Waals surface area (Å²) in [5.41, 5.74) is 12.1. The molecule has 1 aliphatic rings. The van der Waals surface area contributed by atoms with E-state index in [1.54, 1.807) is 0 Å². The SMILES string of the molecule is C=C1\C(=C/C(=C/N(/C=C/CNC/C=C/C(C)(C)C)c2cc(CC)ccc2[B]c2coc3ccc(C(C)(C)C)cc23)C(/C)=C/C=C\C)C(C)CCC1(C)C. The van der Waals surface area contributed by atoms with Gasteiger partial charge in [0.15, 0.2) is 7.28 Å². The van der Waals surface area contributed by atoms with Crippen molar-refractivity contribution in [2.24, 2.45) is 16.7 Å². The van der Waals surface area contributed by atoms with Crippen LogP contribution in [-0.4, -0.2) is 20.4 Å². The molecule has 0 aliphatic heterocycles. The zero-order chi connectivity index (χ0) is 39.0. The van der Waals surface area contributed by atoms with E-state index in [2.05, 4.69) is 198 Å². The van der Waals surface area contributed by atoms with Crippen molar-refractivity contribution in [3.8, 4) is 0 Å². The number of hydrogen-bond acceptors (Lipinski definition) is 3. The third-order valence-electron chi connectivity index (χ3n) is 10.5. The van der Waals surface area contributed by atoms with Crippen LogP contribution >= 0.6 is 0 Å². The zero-order valence-corrected chi connectivity index (χ0v) is 35.0. The van der Waals surface area contributed by atoms with Gasteiger partial charge < -0.3 is 14.6 Å². The maximum atomic E-state index is 6.11. The van der Waals surface area contributed by atoms with E-state index in [0.29, 0.717) is 5.92 Å². The molecule has 1 N–H and O–H groups in total. The minimum absolute atomic E-state index is 0.0409. The summed E-state index contributed by atoms with van der Waals surface area (Å²) in [6.45, 7) is 33.2. The molecule has 1 aliphatic carbocycles. The molecule has 53 heavy (non-hydrogen) atoms. The fourth-order valence-electron chi connectivity index (χ4n) is 6.68. The van der Waals surface area contributed by atoms with E-state index in [0.717, 1.165) is 59.9 Å². The molecule has 0 spiro atoms. The van der Waals surface area contributed by atoms with Crippen LogP contribution in [-0.2, 0) is 11.8 Å². The molecule has 1 radical (unpaired) electrons. The predicted molar refractivity (Wildman–Crippen MR) is 235 cm³/mol. The molecule has 1 saturated carbocycles. The summed E-state index contributed by atoms with van der Waals surface area (Å²) in [6.07, 6.45) is 25.3. The van der Waals surface area contributed by atoms with E-state index >= 15 is 0 Å². The molecule has 4 heteroatoms. The maximum absolute atomic E-state index is 6.11. The lowest BCUT2D eigenvalue weighted by molar-refractivity contribution is 0.332. The highest BCUT2D eigenvalue weighted by atomic mass is 16.3. The third kappa shape index (κ3) is 11.5. The first kappa shape index (κ1) is 41.7. The summed E-state index contributed by atoms with van der Waals surface area (Å²) in [4.78, 5) is 2.32. The van der Waals surface area contributed by atoms with E-state index in [4.69, 9.17) is 4.42 Å². The Labute approximate surface area is 323 Å². The first-order chi connectivity index (χ1) is 24.9. The standard InChI is InChI=1S/C49H66BN2O/c1-14-16-19-35(3)39(31-41-36(4)24-26-49(12,13)37(41)5)33-52(29-18-28-51-27-17-25-47(6,7)8)45-30-38(15-2)20-22-43(45)50-44-34-53-46-23-21-40(32-42(44)46)48(9,10)11/h14,16-23,25,29-34,36,51H,5,15,24,26-28H2,1-4,6-13H3/b16-14-,25-17+,29-18+,35-19+,39-33-,41-31-. The van der Waals surface area contributed by atoms with Crippen molar-refractivity contribution in [2.75, 3.05) is 18.0 Å². The lowest BCUT2D eigenvalue weighted by atomic mass is 9.62. The molecule has 3 aromatic rings. The van der Waals surface area contributed by atoms with Crippen molar-refractivity contribution < 1.29 is 4.42 Å². The summed E-state index contributed by atoms with van der Waals surface area (Å²) in [5, 5.41) is 4.72. The number of anilines is 1. The van der Waals surface area contributed by atoms with Crippen LogP contribution in [0.15, 0.2) is 131 Å². The predicted octanol–water partition coefficient (Wildman–Crippen LogP) is 11.8. The molecule has 3 nitrogen and oxygen atoms in total. The van der Waals surface area contributed by atoms with E-state index in [9.17, 15) is 0 Å². The number of allylic oxidation sites excluding steroid dienone is 9. The van der Waals surface area contributed by atoms with Gasteiger partial charge in [0, 0.05) is 36.6 Å². The van der Waals surface area contributed by atoms with Gasteiger partial charge in [0.25, 0.3) is 0 Å². The van der Waals surface area contributed by atoms with E-state index < -0.39 is 0 Å². The highest BCUT2D eigenvalue weighted by Crippen LogP contribution is 2.45. The maximum Gasteiger partial charge on any atom is 0.199 e. The van der Waals surface area contributed by atoms with Gasteiger partial charge in [0.2, 0.25) is 0 Å². The van der Waals surface area contributed by atoms with Crippen LogP contribution in [0.1, 0.15) is 107 Å². The molecular formula is C49H66BN2O. The lowest BCUT2D eigenvalue weighted by Gasteiger charge is -2.38. The second-order valence-corrected chi connectivity index (χ2v) is 17.6. The summed E-state index contributed by atoms with van der Waals surface area (Å²) in [6, 6.07) is 13.4. The van der Waals surface area contributed by atoms with Crippen molar-refractivity contribution in [2.45, 2.75) is 108 Å². The largest absolute Gasteiger partial charge is 0.465 e. The van der Waals surface area contributed by atoms with Gasteiger partial charge in [-0.25, -0.2) is 0 Å². The molecule has 1 aromatic heterocycles. The molecule has 0 bridgehead atoms. The Hall–Kier alpha value is -4.02. The molecule has 1 fully saturated rings. The summed E-state index contributed by atoms with van der Waals surface area (Å²) in [7, 11) is 2.28. The van der Waals surface area contributed by atoms with Crippen LogP contribution in [0.3, 0.4) is 0 Å². The average Bonchev–Trinajstić information content (AvgIpc) is 3.50. The Bertz CT molecular complexity index is 1910. The number of benzene rings is 2. The van der Waals surface area contributed by atoms with Crippen molar-refractivity contribution in [1.29, 1.82) is 0 Å². The number of fused-ring (bicyclic) bond motifs is 1. The van der Waals surface area contributed by atoms with Gasteiger partial charge in [-0.2, -0.15) is 0 Å². The fourth-order valence-corrected chi connectivity index (χ4v) is 6.68. The van der Waals surface area contributed by atoms with Crippen molar-refractivity contribution >= 4 is 34.9 Å². The molecular weight excluding hydrogens is 643 g/mol. The Morgan fingerprint density at radius 2 is 1.77 bits per heavy atom. The Morgan fingerprint density at radius 3 is 2.45 bits per heavy atom. The van der Waals surface area contributed by atoms with E-state index in [-0.39, 0.29) is 16.2 Å². The van der Waals surface area contributed by atoms with E-state index in [1.807, 2.05) is 6.26 Å². The number of hydrogen-bond donors (Lipinski definition) is 1. The number of nitrogens with one attached hydrogen (secondary N) is 1. The minimum atomic E-state index is 0.0409. The number of aryl methyl sites for hydroxylation is 1.